The fraction of sp³-hybridized carbons (Fsp3) is 1.00. The molecule has 0 rings (SSSR count). The predicted molar refractivity (Wildman–Crippen MR) is 58.3 cm³/mol. The molecule has 0 aromatic heterocycles. The molecule has 2 unspecified atom stereocenters. The molecule has 0 aliphatic carbocycles. The molecule has 2 atom stereocenters. The molecule has 9 heteroatoms. The molecule has 0 heterocycles. The summed E-state index contributed by atoms with van der Waals surface area (Å²) in [6.45, 7) is 4.04. The van der Waals surface area contributed by atoms with Crippen molar-refractivity contribution in [1.29, 1.82) is 0 Å². The van der Waals surface area contributed by atoms with Crippen LogP contribution in [0.15, 0.2) is 0 Å². The Hall–Kier alpha value is -0.0000000000000000763. The lowest BCUT2D eigenvalue weighted by Crippen LogP contribution is -2.31. The number of hydrogen-bond acceptors (Lipinski definition) is 5. The van der Waals surface area contributed by atoms with E-state index in [9.17, 15) is 9.13 Å². The molecule has 0 bridgehead atoms. The van der Waals surface area contributed by atoms with Crippen LogP contribution < -0.4 is 0 Å². The molecule has 0 amide bonds. The fourth-order valence-corrected chi connectivity index (χ4v) is 1.62. The van der Waals surface area contributed by atoms with Crippen LogP contribution in [0.3, 0.4) is 0 Å². The van der Waals surface area contributed by atoms with Crippen LogP contribution in [0.5, 0.6) is 0 Å². The van der Waals surface area contributed by atoms with Gasteiger partial charge >= 0.3 is 16.5 Å². The van der Waals surface area contributed by atoms with Gasteiger partial charge in [0.15, 0.2) is 0 Å². The summed E-state index contributed by atoms with van der Waals surface area (Å²) >= 11 is 0. The zero-order valence-corrected chi connectivity index (χ0v) is 10.9. The first-order valence-corrected chi connectivity index (χ1v) is 7.12. The summed E-state index contributed by atoms with van der Waals surface area (Å²) in [5, 5.41) is 0. The lowest BCUT2D eigenvalue weighted by atomic mass is 10.4. The van der Waals surface area contributed by atoms with E-state index in [0.717, 1.165) is 13.0 Å². The summed E-state index contributed by atoms with van der Waals surface area (Å²) in [4.78, 5) is 18.8. The van der Waals surface area contributed by atoms with E-state index in [1.807, 2.05) is 11.8 Å². The van der Waals surface area contributed by atoms with E-state index in [1.165, 1.54) is 0 Å². The van der Waals surface area contributed by atoms with Crippen LogP contribution in [-0.4, -0.2) is 47.5 Å². The second kappa shape index (κ2) is 10.2. The largest absolute Gasteiger partial charge is 0.694 e. The van der Waals surface area contributed by atoms with Gasteiger partial charge in [-0.05, 0) is 13.0 Å². The van der Waals surface area contributed by atoms with Crippen LogP contribution in [0, 0.1) is 0 Å². The third-order valence-corrected chi connectivity index (χ3v) is 2.57. The average Bonchev–Trinajstić information content (AvgIpc) is 2.16. The van der Waals surface area contributed by atoms with Crippen LogP contribution in [0.4, 0.5) is 0 Å². The quantitative estimate of drug-likeness (QED) is 0.574. The van der Waals surface area contributed by atoms with Crippen LogP contribution >= 0.6 is 16.5 Å². The molecule has 0 fully saturated rings. The van der Waals surface area contributed by atoms with Crippen LogP contribution in [0.25, 0.3) is 0 Å². The van der Waals surface area contributed by atoms with Crippen molar-refractivity contribution in [1.82, 2.24) is 4.90 Å². The molecule has 16 heavy (non-hydrogen) atoms. The van der Waals surface area contributed by atoms with E-state index in [4.69, 9.17) is 9.79 Å². The molecule has 0 saturated carbocycles. The van der Waals surface area contributed by atoms with Gasteiger partial charge in [0.2, 0.25) is 0 Å². The lowest BCUT2D eigenvalue weighted by Gasteiger charge is -2.18. The zero-order valence-electron chi connectivity index (χ0n) is 9.11. The highest BCUT2D eigenvalue weighted by Gasteiger charge is 2.15. The number of hydrogen-bond donors (Lipinski definition) is 2. The highest BCUT2D eigenvalue weighted by molar-refractivity contribution is 7.32. The summed E-state index contributed by atoms with van der Waals surface area (Å²) in [6, 6.07) is 0. The van der Waals surface area contributed by atoms with Crippen molar-refractivity contribution in [3.8, 4) is 0 Å². The van der Waals surface area contributed by atoms with Crippen LogP contribution in [-0.2, 0) is 18.2 Å². The first-order chi connectivity index (χ1) is 7.56. The summed E-state index contributed by atoms with van der Waals surface area (Å²) in [6.07, 6.45) is 0.913. The zero-order chi connectivity index (χ0) is 12.4. The third-order valence-electron chi connectivity index (χ3n) is 1.76. The van der Waals surface area contributed by atoms with Gasteiger partial charge in [-0.2, -0.15) is 0 Å². The normalized spacial score (nSPS) is 13.0. The molecule has 0 saturated heterocycles. The molecule has 0 aliphatic rings. The highest BCUT2D eigenvalue weighted by Crippen LogP contribution is 2.15. The predicted octanol–water partition coefficient (Wildman–Crippen LogP) is 1.03. The van der Waals surface area contributed by atoms with Crippen molar-refractivity contribution in [2.45, 2.75) is 13.3 Å². The maximum atomic E-state index is 10.3. The molecule has 7 nitrogen and oxygen atoms in total. The van der Waals surface area contributed by atoms with Crippen LogP contribution in [0.2, 0.25) is 0 Å². The molecule has 0 radical (unpaired) electrons. The molecule has 0 aromatic rings. The summed E-state index contributed by atoms with van der Waals surface area (Å²) in [5.41, 5.74) is 0. The van der Waals surface area contributed by atoms with Crippen molar-refractivity contribution in [2.24, 2.45) is 0 Å². The first-order valence-electron chi connectivity index (χ1n) is 4.86. The van der Waals surface area contributed by atoms with Gasteiger partial charge in [-0.3, -0.25) is 4.90 Å². The molecule has 0 spiro atoms. The maximum absolute atomic E-state index is 10.3. The Bertz CT molecular complexity index is 207. The standard InChI is InChI=1S/C7H15NO6P2/c1-2-3-8(4-6-13-15(9)10)5-7-14-16(11)12/h2-7H2,1H3/p+2. The Morgan fingerprint density at radius 3 is 1.75 bits per heavy atom. The summed E-state index contributed by atoms with van der Waals surface area (Å²) in [5.74, 6) is 0. The maximum Gasteiger partial charge on any atom is 0.694 e. The molecular formula is C7H17NO6P2+2. The van der Waals surface area contributed by atoms with E-state index in [2.05, 4.69) is 9.05 Å². The van der Waals surface area contributed by atoms with Crippen molar-refractivity contribution >= 4 is 16.5 Å². The van der Waals surface area contributed by atoms with Gasteiger partial charge in [-0.1, -0.05) is 6.92 Å². The molecule has 2 N–H and O–H groups in total. The SMILES string of the molecule is CCCN(CCO[P+](=O)O)CCO[P+](=O)O. The highest BCUT2D eigenvalue weighted by atomic mass is 31.1. The van der Waals surface area contributed by atoms with Gasteiger partial charge in [0.1, 0.15) is 13.2 Å². The molecule has 0 aliphatic heterocycles. The van der Waals surface area contributed by atoms with Gasteiger partial charge < -0.3 is 0 Å². The topological polar surface area (TPSA) is 96.3 Å². The number of rotatable bonds is 10. The van der Waals surface area contributed by atoms with E-state index in [-0.39, 0.29) is 13.2 Å². The minimum Gasteiger partial charge on any atom is -0.298 e. The van der Waals surface area contributed by atoms with Crippen molar-refractivity contribution in [3.63, 3.8) is 0 Å². The first kappa shape index (κ1) is 16.0. The Morgan fingerprint density at radius 1 is 1.00 bits per heavy atom. The van der Waals surface area contributed by atoms with Gasteiger partial charge in [-0.15, -0.1) is 18.8 Å². The van der Waals surface area contributed by atoms with Gasteiger partial charge in [-0.25, -0.2) is 0 Å². The van der Waals surface area contributed by atoms with E-state index in [0.29, 0.717) is 13.1 Å². The smallest absolute Gasteiger partial charge is 0.298 e. The Morgan fingerprint density at radius 2 is 1.44 bits per heavy atom. The third kappa shape index (κ3) is 10.5. The van der Waals surface area contributed by atoms with Crippen molar-refractivity contribution in [3.05, 3.63) is 0 Å². The van der Waals surface area contributed by atoms with Crippen LogP contribution in [0.1, 0.15) is 13.3 Å². The molecule has 94 valence electrons. The Kier molecular flexibility index (Phi) is 10.2. The van der Waals surface area contributed by atoms with Gasteiger partial charge in [0.25, 0.3) is 0 Å². The second-order valence-electron chi connectivity index (χ2n) is 2.98. The fourth-order valence-electron chi connectivity index (χ4n) is 1.15. The Labute approximate surface area is 96.3 Å². The molecule has 0 aromatic carbocycles. The monoisotopic (exact) mass is 273 g/mol. The minimum atomic E-state index is -2.56. The second-order valence-corrected chi connectivity index (χ2v) is 4.45. The molecular weight excluding hydrogens is 256 g/mol. The van der Waals surface area contributed by atoms with Crippen molar-refractivity contribution in [2.75, 3.05) is 32.8 Å². The van der Waals surface area contributed by atoms with E-state index < -0.39 is 16.5 Å². The number of nitrogens with zero attached hydrogens (tertiary/aromatic N) is 1. The van der Waals surface area contributed by atoms with Gasteiger partial charge in [0.05, 0.1) is 0 Å². The Balaban J connectivity index is 3.69. The van der Waals surface area contributed by atoms with Crippen molar-refractivity contribution < 1.29 is 28.0 Å². The van der Waals surface area contributed by atoms with Gasteiger partial charge in [0, 0.05) is 22.2 Å². The summed E-state index contributed by atoms with van der Waals surface area (Å²) < 4.78 is 29.5. The lowest BCUT2D eigenvalue weighted by molar-refractivity contribution is 0.170. The average molecular weight is 273 g/mol. The minimum absolute atomic E-state index is 0.150. The summed E-state index contributed by atoms with van der Waals surface area (Å²) in [7, 11) is -5.12. The van der Waals surface area contributed by atoms with E-state index >= 15 is 0 Å². The van der Waals surface area contributed by atoms with E-state index in [1.54, 1.807) is 0 Å².